The Balaban J connectivity index is 2.33. The maximum Gasteiger partial charge on any atom is 0.242 e. The van der Waals surface area contributed by atoms with Crippen molar-refractivity contribution in [3.05, 3.63) is 27.7 Å². The van der Waals surface area contributed by atoms with Crippen molar-refractivity contribution in [1.82, 2.24) is 4.72 Å². The molecule has 2 rings (SSSR count). The number of nitrogens with one attached hydrogen (secondary N) is 1. The maximum atomic E-state index is 12.3. The summed E-state index contributed by atoms with van der Waals surface area (Å²) in [5, 5.41) is 0.500. The van der Waals surface area contributed by atoms with Gasteiger partial charge >= 0.3 is 0 Å². The molecule has 0 amide bonds. The summed E-state index contributed by atoms with van der Waals surface area (Å²) in [6, 6.07) is 2.87. The Hall–Kier alpha value is -0.330. The third-order valence-corrected chi connectivity index (χ3v) is 5.62. The van der Waals surface area contributed by atoms with E-state index >= 15 is 0 Å². The molecular formula is C12H16Cl2N2O2S. The largest absolute Gasteiger partial charge is 0.326 e. The zero-order chi connectivity index (χ0) is 14.0. The second-order valence-electron chi connectivity index (χ2n) is 4.68. The van der Waals surface area contributed by atoms with Gasteiger partial charge in [-0.15, -0.1) is 0 Å². The normalized spacial score (nSPS) is 17.0. The van der Waals surface area contributed by atoms with Crippen LogP contribution in [0.25, 0.3) is 0 Å². The van der Waals surface area contributed by atoms with Crippen molar-refractivity contribution in [2.45, 2.75) is 43.2 Å². The lowest BCUT2D eigenvalue weighted by Crippen LogP contribution is -2.32. The van der Waals surface area contributed by atoms with Crippen LogP contribution in [-0.4, -0.2) is 14.5 Å². The quantitative estimate of drug-likeness (QED) is 0.895. The molecule has 0 radical (unpaired) electrons. The number of sulfonamides is 1. The average Bonchev–Trinajstić information content (AvgIpc) is 2.80. The first-order chi connectivity index (χ1) is 8.94. The predicted molar refractivity (Wildman–Crippen MR) is 76.9 cm³/mol. The van der Waals surface area contributed by atoms with Gasteiger partial charge in [-0.3, -0.25) is 0 Å². The van der Waals surface area contributed by atoms with Gasteiger partial charge in [-0.25, -0.2) is 13.1 Å². The minimum Gasteiger partial charge on any atom is -0.326 e. The van der Waals surface area contributed by atoms with E-state index in [1.54, 1.807) is 0 Å². The van der Waals surface area contributed by atoms with Gasteiger partial charge in [0.05, 0.1) is 5.02 Å². The highest BCUT2D eigenvalue weighted by Gasteiger charge is 2.25. The molecule has 1 saturated carbocycles. The summed E-state index contributed by atoms with van der Waals surface area (Å²) in [6.07, 6.45) is 3.84. The third kappa shape index (κ3) is 3.41. The Morgan fingerprint density at radius 2 is 1.84 bits per heavy atom. The summed E-state index contributed by atoms with van der Waals surface area (Å²) in [7, 11) is -3.62. The highest BCUT2D eigenvalue weighted by molar-refractivity contribution is 7.89. The fourth-order valence-corrected chi connectivity index (χ4v) is 4.44. The van der Waals surface area contributed by atoms with E-state index in [4.69, 9.17) is 28.9 Å². The first-order valence-electron chi connectivity index (χ1n) is 6.14. The first-order valence-corrected chi connectivity index (χ1v) is 8.38. The number of hydrogen-bond donors (Lipinski definition) is 2. The summed E-state index contributed by atoms with van der Waals surface area (Å²) in [5.41, 5.74) is 6.10. The van der Waals surface area contributed by atoms with Gasteiger partial charge in [0, 0.05) is 17.6 Å². The number of benzene rings is 1. The molecule has 3 N–H and O–H groups in total. The minimum absolute atomic E-state index is 0.00179. The van der Waals surface area contributed by atoms with Gasteiger partial charge < -0.3 is 5.73 Å². The molecule has 1 aromatic carbocycles. The highest BCUT2D eigenvalue weighted by atomic mass is 35.5. The van der Waals surface area contributed by atoms with Crippen LogP contribution in [0, 0.1) is 0 Å². The van der Waals surface area contributed by atoms with Crippen LogP contribution in [0.1, 0.15) is 31.2 Å². The lowest BCUT2D eigenvalue weighted by molar-refractivity contribution is 0.552. The topological polar surface area (TPSA) is 72.2 Å². The van der Waals surface area contributed by atoms with Crippen molar-refractivity contribution in [1.29, 1.82) is 0 Å². The van der Waals surface area contributed by atoms with E-state index in [1.807, 2.05) is 0 Å². The Morgan fingerprint density at radius 1 is 1.21 bits per heavy atom. The molecule has 4 nitrogen and oxygen atoms in total. The molecule has 1 aliphatic carbocycles. The highest BCUT2D eigenvalue weighted by Crippen LogP contribution is 2.29. The van der Waals surface area contributed by atoms with E-state index in [1.165, 1.54) is 12.1 Å². The van der Waals surface area contributed by atoms with Crippen LogP contribution in [0.3, 0.4) is 0 Å². The van der Waals surface area contributed by atoms with E-state index in [-0.39, 0.29) is 22.5 Å². The van der Waals surface area contributed by atoms with Crippen molar-refractivity contribution >= 4 is 33.2 Å². The smallest absolute Gasteiger partial charge is 0.242 e. The summed E-state index contributed by atoms with van der Waals surface area (Å²) in [6.45, 7) is 0.169. The lowest BCUT2D eigenvalue weighted by Gasteiger charge is -2.14. The Bertz CT molecular complexity index is 569. The molecule has 0 atom stereocenters. The molecule has 0 aromatic heterocycles. The van der Waals surface area contributed by atoms with Gasteiger partial charge in [0.25, 0.3) is 0 Å². The lowest BCUT2D eigenvalue weighted by atomic mass is 10.2. The average molecular weight is 323 g/mol. The van der Waals surface area contributed by atoms with Crippen LogP contribution >= 0.6 is 23.2 Å². The van der Waals surface area contributed by atoms with Gasteiger partial charge in [-0.05, 0) is 30.5 Å². The molecule has 0 saturated heterocycles. The molecule has 1 fully saturated rings. The zero-order valence-corrected chi connectivity index (χ0v) is 12.7. The monoisotopic (exact) mass is 322 g/mol. The van der Waals surface area contributed by atoms with E-state index in [0.29, 0.717) is 10.6 Å². The Kier molecular flexibility index (Phi) is 4.74. The Labute approximate surface area is 123 Å². The number of hydrogen-bond acceptors (Lipinski definition) is 3. The zero-order valence-electron chi connectivity index (χ0n) is 10.3. The molecule has 1 aromatic rings. The summed E-state index contributed by atoms with van der Waals surface area (Å²) in [5.74, 6) is 0. The second kappa shape index (κ2) is 5.97. The fraction of sp³-hybridized carbons (Fsp3) is 0.500. The SMILES string of the molecule is NCc1cc(S(=O)(=O)NC2CCCC2)c(Cl)cc1Cl. The molecule has 0 aliphatic heterocycles. The van der Waals surface area contributed by atoms with Gasteiger partial charge in [0.15, 0.2) is 0 Å². The fourth-order valence-electron chi connectivity index (χ4n) is 2.26. The van der Waals surface area contributed by atoms with Crippen molar-refractivity contribution in [3.63, 3.8) is 0 Å². The van der Waals surface area contributed by atoms with E-state index in [2.05, 4.69) is 4.72 Å². The number of halogens is 2. The van der Waals surface area contributed by atoms with Crippen molar-refractivity contribution in [3.8, 4) is 0 Å². The van der Waals surface area contributed by atoms with E-state index in [0.717, 1.165) is 25.7 Å². The molecule has 0 spiro atoms. The molecule has 0 unspecified atom stereocenters. The summed E-state index contributed by atoms with van der Waals surface area (Å²) in [4.78, 5) is 0.0471. The van der Waals surface area contributed by atoms with Gasteiger partial charge in [-0.1, -0.05) is 36.0 Å². The van der Waals surface area contributed by atoms with Crippen LogP contribution in [0.4, 0.5) is 0 Å². The van der Waals surface area contributed by atoms with Crippen LogP contribution in [0.15, 0.2) is 17.0 Å². The summed E-state index contributed by atoms with van der Waals surface area (Å²) >= 11 is 11.9. The number of rotatable bonds is 4. The molecule has 0 bridgehead atoms. The second-order valence-corrected chi connectivity index (χ2v) is 7.18. The summed E-state index contributed by atoms with van der Waals surface area (Å²) < 4.78 is 27.3. The standard InChI is InChI=1S/C12H16Cl2N2O2S/c13-10-6-11(14)12(5-8(10)7-15)19(17,18)16-9-3-1-2-4-9/h5-6,9,16H,1-4,7,15H2. The van der Waals surface area contributed by atoms with Crippen molar-refractivity contribution in [2.24, 2.45) is 5.73 Å². The van der Waals surface area contributed by atoms with Gasteiger partial charge in [0.2, 0.25) is 10.0 Å². The third-order valence-electron chi connectivity index (χ3n) is 3.29. The molecule has 0 heterocycles. The number of nitrogens with two attached hydrogens (primary N) is 1. The minimum atomic E-state index is -3.62. The van der Waals surface area contributed by atoms with Crippen LogP contribution in [-0.2, 0) is 16.6 Å². The molecule has 106 valence electrons. The molecular weight excluding hydrogens is 307 g/mol. The maximum absolute atomic E-state index is 12.3. The predicted octanol–water partition coefficient (Wildman–Crippen LogP) is 2.67. The molecule has 19 heavy (non-hydrogen) atoms. The van der Waals surface area contributed by atoms with Crippen molar-refractivity contribution in [2.75, 3.05) is 0 Å². The van der Waals surface area contributed by atoms with Crippen LogP contribution in [0.5, 0.6) is 0 Å². The van der Waals surface area contributed by atoms with Crippen molar-refractivity contribution < 1.29 is 8.42 Å². The molecule has 1 aliphatic rings. The van der Waals surface area contributed by atoms with Crippen LogP contribution < -0.4 is 10.5 Å². The molecule has 7 heteroatoms. The Morgan fingerprint density at radius 3 is 2.42 bits per heavy atom. The van der Waals surface area contributed by atoms with E-state index < -0.39 is 10.0 Å². The first kappa shape index (κ1) is 15.1. The van der Waals surface area contributed by atoms with Gasteiger partial charge in [0.1, 0.15) is 4.90 Å². The van der Waals surface area contributed by atoms with Crippen LogP contribution in [0.2, 0.25) is 10.0 Å². The van der Waals surface area contributed by atoms with E-state index in [9.17, 15) is 8.42 Å². The van der Waals surface area contributed by atoms with Gasteiger partial charge in [-0.2, -0.15) is 0 Å².